The zero-order chi connectivity index (χ0) is 18.7. The molecule has 2 aliphatic carbocycles. The molecule has 2 atom stereocenters. The van der Waals surface area contributed by atoms with Crippen LogP contribution < -0.4 is 0 Å². The first-order chi connectivity index (χ1) is 12.2. The highest BCUT2D eigenvalue weighted by Gasteiger charge is 2.45. The van der Waals surface area contributed by atoms with Gasteiger partial charge in [0.15, 0.2) is 0 Å². The van der Waals surface area contributed by atoms with Gasteiger partial charge in [-0.3, -0.25) is 0 Å². The molecule has 0 spiro atoms. The SMILES string of the molecule is CC(C)(C)P1CC2=CC=CCC2=C1C1=C2CC=CC=C2CP1C(C)(C)C. The fourth-order valence-corrected chi connectivity index (χ4v) is 11.0. The number of hydrogen-bond donors (Lipinski definition) is 0. The first-order valence-electron chi connectivity index (χ1n) is 9.92. The maximum absolute atomic E-state index is 2.47. The third-order valence-corrected chi connectivity index (χ3v) is 12.7. The molecular weight excluding hydrogens is 350 g/mol. The topological polar surface area (TPSA) is 0 Å². The Labute approximate surface area is 162 Å². The summed E-state index contributed by atoms with van der Waals surface area (Å²) in [6.45, 7) is 14.8. The minimum atomic E-state index is -0.139. The standard InChI is InChI=1S/C24H32P2/c1-23(2,3)25-15-17-11-7-9-13-19(17)21(25)22-20-14-10-8-12-18(20)16-26(22)24(4,5)6/h7-12H,13-16H2,1-6H3. The summed E-state index contributed by atoms with van der Waals surface area (Å²) < 4.78 is 0. The molecule has 0 aromatic heterocycles. The number of rotatable bonds is 1. The monoisotopic (exact) mass is 382 g/mol. The van der Waals surface area contributed by atoms with Crippen molar-refractivity contribution >= 4 is 15.8 Å². The summed E-state index contributed by atoms with van der Waals surface area (Å²) in [7, 11) is -0.277. The second kappa shape index (κ2) is 6.43. The summed E-state index contributed by atoms with van der Waals surface area (Å²) >= 11 is 0. The van der Waals surface area contributed by atoms with Crippen LogP contribution in [-0.2, 0) is 0 Å². The lowest BCUT2D eigenvalue weighted by Gasteiger charge is -2.37. The van der Waals surface area contributed by atoms with Gasteiger partial charge in [-0.05, 0) is 68.4 Å². The molecule has 0 fully saturated rings. The Morgan fingerprint density at radius 1 is 0.654 bits per heavy atom. The molecule has 0 saturated carbocycles. The van der Waals surface area contributed by atoms with Crippen LogP contribution in [-0.4, -0.2) is 22.6 Å². The van der Waals surface area contributed by atoms with E-state index in [2.05, 4.69) is 78.0 Å². The molecule has 0 nitrogen and oxygen atoms in total. The van der Waals surface area contributed by atoms with Gasteiger partial charge in [0.2, 0.25) is 0 Å². The largest absolute Gasteiger partial charge is 0.0801 e. The smallest absolute Gasteiger partial charge is 0.00247 e. The number of hydrogen-bond acceptors (Lipinski definition) is 0. The quantitative estimate of drug-likeness (QED) is 0.405. The molecule has 0 N–H and O–H groups in total. The van der Waals surface area contributed by atoms with Gasteiger partial charge in [0.05, 0.1) is 0 Å². The molecular formula is C24H32P2. The van der Waals surface area contributed by atoms with Gasteiger partial charge in [0.1, 0.15) is 0 Å². The number of fused-ring (bicyclic) bond motifs is 2. The van der Waals surface area contributed by atoms with Gasteiger partial charge in [0, 0.05) is 0 Å². The van der Waals surface area contributed by atoms with Crippen LogP contribution in [0.3, 0.4) is 0 Å². The van der Waals surface area contributed by atoms with E-state index in [9.17, 15) is 0 Å². The van der Waals surface area contributed by atoms with E-state index >= 15 is 0 Å². The molecule has 2 heterocycles. The Hall–Kier alpha value is -0.700. The van der Waals surface area contributed by atoms with Crippen LogP contribution in [0.15, 0.2) is 69.4 Å². The average Bonchev–Trinajstić information content (AvgIpc) is 3.12. The van der Waals surface area contributed by atoms with Crippen molar-refractivity contribution in [3.63, 3.8) is 0 Å². The summed E-state index contributed by atoms with van der Waals surface area (Å²) in [6, 6.07) is 0. The Morgan fingerprint density at radius 2 is 1.04 bits per heavy atom. The molecule has 26 heavy (non-hydrogen) atoms. The van der Waals surface area contributed by atoms with E-state index in [0.717, 1.165) is 12.8 Å². The van der Waals surface area contributed by atoms with Gasteiger partial charge in [0.25, 0.3) is 0 Å². The zero-order valence-electron chi connectivity index (χ0n) is 17.2. The molecule has 4 aliphatic rings. The minimum Gasteiger partial charge on any atom is -0.0801 e. The van der Waals surface area contributed by atoms with E-state index < -0.39 is 0 Å². The van der Waals surface area contributed by atoms with Crippen LogP contribution in [0.4, 0.5) is 0 Å². The average molecular weight is 382 g/mol. The molecule has 0 aromatic rings. The van der Waals surface area contributed by atoms with Gasteiger partial charge in [-0.15, -0.1) is 0 Å². The lowest BCUT2D eigenvalue weighted by atomic mass is 9.95. The maximum Gasteiger partial charge on any atom is -0.00247 e. The normalized spacial score (nSPS) is 28.4. The van der Waals surface area contributed by atoms with E-state index in [-0.39, 0.29) is 15.8 Å². The molecule has 2 heteroatoms. The van der Waals surface area contributed by atoms with Gasteiger partial charge in [-0.1, -0.05) is 93.8 Å². The summed E-state index contributed by atoms with van der Waals surface area (Å²) in [5.74, 6) is 0. The van der Waals surface area contributed by atoms with Crippen LogP contribution >= 0.6 is 15.8 Å². The molecule has 0 amide bonds. The first kappa shape index (κ1) is 18.7. The summed E-state index contributed by atoms with van der Waals surface area (Å²) in [4.78, 5) is 0. The van der Waals surface area contributed by atoms with Crippen LogP contribution in [0.1, 0.15) is 54.4 Å². The van der Waals surface area contributed by atoms with Crippen molar-refractivity contribution in [2.75, 3.05) is 12.3 Å². The Bertz CT molecular complexity index is 743. The second-order valence-electron chi connectivity index (χ2n) is 9.82. The van der Waals surface area contributed by atoms with E-state index in [1.165, 1.54) is 12.3 Å². The summed E-state index contributed by atoms with van der Waals surface area (Å²) in [5, 5.41) is 4.38. The van der Waals surface area contributed by atoms with E-state index in [4.69, 9.17) is 0 Å². The van der Waals surface area contributed by atoms with Crippen molar-refractivity contribution in [2.24, 2.45) is 0 Å². The van der Waals surface area contributed by atoms with Crippen LogP contribution in [0.2, 0.25) is 0 Å². The van der Waals surface area contributed by atoms with Crippen molar-refractivity contribution in [3.8, 4) is 0 Å². The van der Waals surface area contributed by atoms with E-state index in [0.29, 0.717) is 10.3 Å². The van der Waals surface area contributed by atoms with Crippen LogP contribution in [0, 0.1) is 0 Å². The number of allylic oxidation sites excluding steroid dienone is 12. The highest BCUT2D eigenvalue weighted by molar-refractivity contribution is 7.70. The lowest BCUT2D eigenvalue weighted by Crippen LogP contribution is -2.16. The molecule has 2 aliphatic heterocycles. The second-order valence-corrected chi connectivity index (χ2v) is 15.7. The molecule has 0 aromatic carbocycles. The summed E-state index contributed by atoms with van der Waals surface area (Å²) in [6.07, 6.45) is 19.0. The predicted molar refractivity (Wildman–Crippen MR) is 121 cm³/mol. The Balaban J connectivity index is 1.94. The van der Waals surface area contributed by atoms with Gasteiger partial charge in [-0.2, -0.15) is 0 Å². The maximum atomic E-state index is 2.47. The van der Waals surface area contributed by atoms with Gasteiger partial charge in [-0.25, -0.2) is 0 Å². The van der Waals surface area contributed by atoms with Crippen molar-refractivity contribution in [2.45, 2.75) is 64.7 Å². The zero-order valence-corrected chi connectivity index (χ0v) is 19.0. The predicted octanol–water partition coefficient (Wildman–Crippen LogP) is 7.86. The van der Waals surface area contributed by atoms with Gasteiger partial charge >= 0.3 is 0 Å². The first-order valence-corrected chi connectivity index (χ1v) is 13.0. The highest BCUT2D eigenvalue weighted by atomic mass is 31.1. The minimum absolute atomic E-state index is 0.139. The van der Waals surface area contributed by atoms with Crippen molar-refractivity contribution in [3.05, 3.63) is 69.4 Å². The van der Waals surface area contributed by atoms with E-state index in [1.54, 1.807) is 22.3 Å². The third kappa shape index (κ3) is 3.08. The van der Waals surface area contributed by atoms with Crippen molar-refractivity contribution in [1.82, 2.24) is 0 Å². The van der Waals surface area contributed by atoms with Crippen molar-refractivity contribution < 1.29 is 0 Å². The summed E-state index contributed by atoms with van der Waals surface area (Å²) in [5.41, 5.74) is 6.68. The molecule has 0 saturated heterocycles. The fourth-order valence-electron chi connectivity index (χ4n) is 4.51. The molecule has 0 radical (unpaired) electrons. The molecule has 138 valence electrons. The fraction of sp³-hybridized carbons (Fsp3) is 0.500. The highest BCUT2D eigenvalue weighted by Crippen LogP contribution is 2.75. The van der Waals surface area contributed by atoms with Crippen LogP contribution in [0.25, 0.3) is 0 Å². The molecule has 4 rings (SSSR count). The Kier molecular flexibility index (Phi) is 4.61. The lowest BCUT2D eigenvalue weighted by molar-refractivity contribution is 0.784. The Morgan fingerprint density at radius 3 is 1.38 bits per heavy atom. The molecule has 2 unspecified atom stereocenters. The third-order valence-electron chi connectivity index (χ3n) is 5.90. The van der Waals surface area contributed by atoms with Crippen LogP contribution in [0.5, 0.6) is 0 Å². The van der Waals surface area contributed by atoms with Crippen molar-refractivity contribution in [1.29, 1.82) is 0 Å². The molecule has 0 bridgehead atoms. The van der Waals surface area contributed by atoms with E-state index in [1.807, 2.05) is 10.6 Å². The van der Waals surface area contributed by atoms with Gasteiger partial charge < -0.3 is 0 Å².